The first-order valence-corrected chi connectivity index (χ1v) is 7.15. The highest BCUT2D eigenvalue weighted by atomic mass is 19.1. The molecule has 1 aliphatic rings. The predicted molar refractivity (Wildman–Crippen MR) is 76.8 cm³/mol. The summed E-state index contributed by atoms with van der Waals surface area (Å²) in [5.74, 6) is -0.0513. The monoisotopic (exact) mass is 279 g/mol. The Labute approximate surface area is 119 Å². The van der Waals surface area contributed by atoms with E-state index in [1.165, 1.54) is 31.7 Å². The smallest absolute Gasteiger partial charge is 0.180 e. The van der Waals surface area contributed by atoms with E-state index in [2.05, 4.69) is 18.7 Å². The van der Waals surface area contributed by atoms with Gasteiger partial charge in [-0.1, -0.05) is 6.42 Å². The first-order chi connectivity index (χ1) is 9.52. The Bertz CT molecular complexity index is 479. The van der Waals surface area contributed by atoms with E-state index in [0.29, 0.717) is 29.9 Å². The zero-order valence-electron chi connectivity index (χ0n) is 12.4. The van der Waals surface area contributed by atoms with Crippen LogP contribution in [0, 0.1) is 5.82 Å². The lowest BCUT2D eigenvalue weighted by Gasteiger charge is -2.38. The van der Waals surface area contributed by atoms with Gasteiger partial charge in [0.25, 0.3) is 0 Å². The molecule has 0 bridgehead atoms. The SMILES string of the molecule is COc1ccc(F)cc1C(=O)CN1[C@H](C)CCC[C@@H]1C. The van der Waals surface area contributed by atoms with Gasteiger partial charge in [0.2, 0.25) is 0 Å². The minimum atomic E-state index is -0.408. The number of piperidine rings is 1. The Hall–Kier alpha value is -1.42. The van der Waals surface area contributed by atoms with Crippen molar-refractivity contribution in [3.8, 4) is 5.75 Å². The van der Waals surface area contributed by atoms with Gasteiger partial charge in [0, 0.05) is 12.1 Å². The van der Waals surface area contributed by atoms with E-state index in [9.17, 15) is 9.18 Å². The molecule has 1 aliphatic heterocycles. The van der Waals surface area contributed by atoms with Crippen LogP contribution in [0.4, 0.5) is 4.39 Å². The average Bonchev–Trinajstić information content (AvgIpc) is 2.43. The highest BCUT2D eigenvalue weighted by molar-refractivity contribution is 6.00. The van der Waals surface area contributed by atoms with Gasteiger partial charge in [0.05, 0.1) is 19.2 Å². The molecule has 110 valence electrons. The van der Waals surface area contributed by atoms with Gasteiger partial charge in [-0.3, -0.25) is 9.69 Å². The normalized spacial score (nSPS) is 23.6. The quantitative estimate of drug-likeness (QED) is 0.792. The van der Waals surface area contributed by atoms with Crippen LogP contribution in [0.15, 0.2) is 18.2 Å². The Morgan fingerprint density at radius 1 is 1.35 bits per heavy atom. The fourth-order valence-corrected chi connectivity index (χ4v) is 2.94. The largest absolute Gasteiger partial charge is 0.496 e. The highest BCUT2D eigenvalue weighted by Gasteiger charge is 2.27. The topological polar surface area (TPSA) is 29.5 Å². The molecule has 0 spiro atoms. The van der Waals surface area contributed by atoms with Crippen molar-refractivity contribution in [1.82, 2.24) is 4.90 Å². The number of carbonyl (C=O) groups excluding carboxylic acids is 1. The van der Waals surface area contributed by atoms with Gasteiger partial charge in [-0.25, -0.2) is 4.39 Å². The summed E-state index contributed by atoms with van der Waals surface area (Å²) < 4.78 is 18.5. The average molecular weight is 279 g/mol. The van der Waals surface area contributed by atoms with E-state index in [0.717, 1.165) is 12.8 Å². The molecule has 0 unspecified atom stereocenters. The fourth-order valence-electron chi connectivity index (χ4n) is 2.94. The number of hydrogen-bond acceptors (Lipinski definition) is 3. The summed E-state index contributed by atoms with van der Waals surface area (Å²) in [6.07, 6.45) is 3.42. The van der Waals surface area contributed by atoms with Crippen molar-refractivity contribution >= 4 is 5.78 Å². The first-order valence-electron chi connectivity index (χ1n) is 7.15. The molecule has 1 fully saturated rings. The van der Waals surface area contributed by atoms with Crippen LogP contribution in [-0.2, 0) is 0 Å². The molecule has 2 atom stereocenters. The minimum Gasteiger partial charge on any atom is -0.496 e. The number of hydrogen-bond donors (Lipinski definition) is 0. The van der Waals surface area contributed by atoms with Gasteiger partial charge in [0.15, 0.2) is 5.78 Å². The summed E-state index contributed by atoms with van der Waals surface area (Å²) in [7, 11) is 1.50. The van der Waals surface area contributed by atoms with Crippen LogP contribution in [-0.4, -0.2) is 36.4 Å². The second kappa shape index (κ2) is 6.35. The standard InChI is InChI=1S/C16H22FNO2/c1-11-5-4-6-12(2)18(11)10-15(19)14-9-13(17)7-8-16(14)20-3/h7-9,11-12H,4-6,10H2,1-3H3/t11-,12+. The Morgan fingerprint density at radius 2 is 2.00 bits per heavy atom. The maximum atomic E-state index is 13.4. The van der Waals surface area contributed by atoms with E-state index in [1.807, 2.05) is 0 Å². The number of ether oxygens (including phenoxy) is 1. The fraction of sp³-hybridized carbons (Fsp3) is 0.562. The van der Waals surface area contributed by atoms with E-state index in [-0.39, 0.29) is 5.78 Å². The maximum absolute atomic E-state index is 13.4. The van der Waals surface area contributed by atoms with Crippen LogP contribution in [0.2, 0.25) is 0 Å². The molecule has 0 radical (unpaired) electrons. The number of rotatable bonds is 4. The van der Waals surface area contributed by atoms with Crippen molar-refractivity contribution in [3.63, 3.8) is 0 Å². The van der Waals surface area contributed by atoms with Crippen molar-refractivity contribution < 1.29 is 13.9 Å². The van der Waals surface area contributed by atoms with Gasteiger partial charge >= 0.3 is 0 Å². The van der Waals surface area contributed by atoms with Crippen molar-refractivity contribution in [3.05, 3.63) is 29.6 Å². The van der Waals surface area contributed by atoms with Crippen LogP contribution in [0.5, 0.6) is 5.75 Å². The van der Waals surface area contributed by atoms with Crippen molar-refractivity contribution in [2.45, 2.75) is 45.2 Å². The molecule has 4 heteroatoms. The van der Waals surface area contributed by atoms with Crippen LogP contribution >= 0.6 is 0 Å². The predicted octanol–water partition coefficient (Wildman–Crippen LogP) is 3.28. The number of ketones is 1. The summed E-state index contributed by atoms with van der Waals surface area (Å²) in [5, 5.41) is 0. The van der Waals surface area contributed by atoms with Crippen molar-refractivity contribution in [1.29, 1.82) is 0 Å². The minimum absolute atomic E-state index is 0.0815. The number of Topliss-reactive ketones (excluding diaryl/α,β-unsaturated/α-hetero) is 1. The third kappa shape index (κ3) is 3.18. The second-order valence-corrected chi connectivity index (χ2v) is 5.57. The number of halogens is 1. The maximum Gasteiger partial charge on any atom is 0.180 e. The molecule has 1 aromatic rings. The van der Waals surface area contributed by atoms with E-state index in [1.54, 1.807) is 0 Å². The van der Waals surface area contributed by atoms with Crippen LogP contribution < -0.4 is 4.74 Å². The van der Waals surface area contributed by atoms with Crippen LogP contribution in [0.25, 0.3) is 0 Å². The number of nitrogens with zero attached hydrogens (tertiary/aromatic N) is 1. The Balaban J connectivity index is 2.17. The molecule has 1 heterocycles. The Morgan fingerprint density at radius 3 is 2.60 bits per heavy atom. The summed E-state index contributed by atoms with van der Waals surface area (Å²) in [6.45, 7) is 4.61. The molecule has 0 aromatic heterocycles. The molecular formula is C16H22FNO2. The lowest BCUT2D eigenvalue weighted by atomic mass is 9.96. The van der Waals surface area contributed by atoms with Crippen LogP contribution in [0.3, 0.4) is 0 Å². The molecule has 0 saturated carbocycles. The lowest BCUT2D eigenvalue weighted by Crippen LogP contribution is -2.46. The Kier molecular flexibility index (Phi) is 4.76. The highest BCUT2D eigenvalue weighted by Crippen LogP contribution is 2.25. The zero-order chi connectivity index (χ0) is 14.7. The van der Waals surface area contributed by atoms with Gasteiger partial charge < -0.3 is 4.74 Å². The molecule has 0 aliphatic carbocycles. The summed E-state index contributed by atoms with van der Waals surface area (Å²) in [6, 6.07) is 4.86. The number of carbonyl (C=O) groups is 1. The van der Waals surface area contributed by atoms with Gasteiger partial charge in [-0.05, 0) is 44.9 Å². The number of methoxy groups -OCH3 is 1. The number of likely N-dealkylation sites (tertiary alicyclic amines) is 1. The van der Waals surface area contributed by atoms with Gasteiger partial charge in [-0.15, -0.1) is 0 Å². The van der Waals surface area contributed by atoms with Crippen molar-refractivity contribution in [2.24, 2.45) is 0 Å². The summed E-state index contributed by atoms with van der Waals surface area (Å²) in [4.78, 5) is 14.7. The summed E-state index contributed by atoms with van der Waals surface area (Å²) >= 11 is 0. The van der Waals surface area contributed by atoms with E-state index in [4.69, 9.17) is 4.74 Å². The third-order valence-corrected chi connectivity index (χ3v) is 4.16. The van der Waals surface area contributed by atoms with E-state index >= 15 is 0 Å². The lowest BCUT2D eigenvalue weighted by molar-refractivity contribution is 0.0731. The van der Waals surface area contributed by atoms with E-state index < -0.39 is 5.82 Å². The van der Waals surface area contributed by atoms with Crippen LogP contribution in [0.1, 0.15) is 43.5 Å². The molecular weight excluding hydrogens is 257 g/mol. The molecule has 0 N–H and O–H groups in total. The molecule has 1 aromatic carbocycles. The molecule has 1 saturated heterocycles. The third-order valence-electron chi connectivity index (χ3n) is 4.16. The molecule has 2 rings (SSSR count). The zero-order valence-corrected chi connectivity index (χ0v) is 12.4. The molecule has 3 nitrogen and oxygen atoms in total. The first kappa shape index (κ1) is 15.0. The van der Waals surface area contributed by atoms with Gasteiger partial charge in [0.1, 0.15) is 11.6 Å². The van der Waals surface area contributed by atoms with Crippen molar-refractivity contribution in [2.75, 3.05) is 13.7 Å². The molecule has 0 amide bonds. The molecule has 20 heavy (non-hydrogen) atoms. The summed E-state index contributed by atoms with van der Waals surface area (Å²) in [5.41, 5.74) is 0.331. The van der Waals surface area contributed by atoms with Gasteiger partial charge in [-0.2, -0.15) is 0 Å². The second-order valence-electron chi connectivity index (χ2n) is 5.57. The number of benzene rings is 1.